The lowest BCUT2D eigenvalue weighted by atomic mass is 10.0. The van der Waals surface area contributed by atoms with E-state index in [0.717, 1.165) is 13.1 Å². The zero-order valence-electron chi connectivity index (χ0n) is 11.2. The lowest BCUT2D eigenvalue weighted by Gasteiger charge is -2.15. The second-order valence-electron chi connectivity index (χ2n) is 4.71. The summed E-state index contributed by atoms with van der Waals surface area (Å²) in [6, 6.07) is 21.2. The second kappa shape index (κ2) is 6.72. The van der Waals surface area contributed by atoms with E-state index in [9.17, 15) is 0 Å². The molecule has 0 aliphatic rings. The monoisotopic (exact) mass is 250 g/mol. The fourth-order valence-electron chi connectivity index (χ4n) is 2.06. The summed E-state index contributed by atoms with van der Waals surface area (Å²) >= 11 is 0. The van der Waals surface area contributed by atoms with Gasteiger partial charge in [0.25, 0.3) is 0 Å². The van der Waals surface area contributed by atoms with Crippen LogP contribution in [0.2, 0.25) is 0 Å². The summed E-state index contributed by atoms with van der Waals surface area (Å²) in [5.74, 6) is 0. The molecule has 0 fully saturated rings. The van der Waals surface area contributed by atoms with E-state index < -0.39 is 0 Å². The zero-order valence-corrected chi connectivity index (χ0v) is 11.2. The first-order chi connectivity index (χ1) is 9.29. The Labute approximate surface area is 114 Å². The molecule has 0 unspecified atom stereocenters. The van der Waals surface area contributed by atoms with E-state index in [2.05, 4.69) is 59.5 Å². The van der Waals surface area contributed by atoms with Gasteiger partial charge in [0, 0.05) is 19.5 Å². The minimum atomic E-state index is 0.582. The van der Waals surface area contributed by atoms with Gasteiger partial charge in [-0.2, -0.15) is 5.26 Å². The molecule has 0 saturated heterocycles. The summed E-state index contributed by atoms with van der Waals surface area (Å²) in [5, 5.41) is 8.57. The van der Waals surface area contributed by atoms with Gasteiger partial charge >= 0.3 is 0 Å². The van der Waals surface area contributed by atoms with Crippen LogP contribution in [0, 0.1) is 11.3 Å². The van der Waals surface area contributed by atoms with Crippen molar-refractivity contribution < 1.29 is 0 Å². The largest absolute Gasteiger partial charge is 0.301 e. The third-order valence-corrected chi connectivity index (χ3v) is 3.12. The number of rotatable bonds is 5. The van der Waals surface area contributed by atoms with Crippen molar-refractivity contribution in [1.29, 1.82) is 5.26 Å². The van der Waals surface area contributed by atoms with E-state index in [-0.39, 0.29) is 0 Å². The number of nitrogens with zero attached hydrogens (tertiary/aromatic N) is 2. The molecule has 0 aliphatic carbocycles. The van der Waals surface area contributed by atoms with Crippen molar-refractivity contribution in [3.8, 4) is 17.2 Å². The van der Waals surface area contributed by atoms with Crippen molar-refractivity contribution in [2.45, 2.75) is 13.0 Å². The van der Waals surface area contributed by atoms with E-state index in [0.29, 0.717) is 6.42 Å². The first-order valence-electron chi connectivity index (χ1n) is 6.49. The molecule has 0 aromatic heterocycles. The molecular weight excluding hydrogens is 232 g/mol. The van der Waals surface area contributed by atoms with Crippen molar-refractivity contribution in [2.75, 3.05) is 13.6 Å². The molecule has 0 spiro atoms. The minimum Gasteiger partial charge on any atom is -0.301 e. The highest BCUT2D eigenvalue weighted by Gasteiger charge is 2.01. The van der Waals surface area contributed by atoms with Gasteiger partial charge < -0.3 is 4.90 Å². The van der Waals surface area contributed by atoms with Crippen LogP contribution in [0.3, 0.4) is 0 Å². The fourth-order valence-corrected chi connectivity index (χ4v) is 2.06. The predicted octanol–water partition coefficient (Wildman–Crippen LogP) is 3.70. The normalized spacial score (nSPS) is 10.4. The van der Waals surface area contributed by atoms with Crippen LogP contribution in [0.4, 0.5) is 0 Å². The van der Waals surface area contributed by atoms with Crippen LogP contribution in [0.1, 0.15) is 12.0 Å². The molecule has 2 heteroatoms. The van der Waals surface area contributed by atoms with E-state index >= 15 is 0 Å². The lowest BCUT2D eigenvalue weighted by Crippen LogP contribution is -2.18. The Bertz CT molecular complexity index is 538. The average molecular weight is 250 g/mol. The van der Waals surface area contributed by atoms with E-state index in [1.807, 2.05) is 13.1 Å². The van der Waals surface area contributed by atoms with Gasteiger partial charge in [-0.1, -0.05) is 54.6 Å². The van der Waals surface area contributed by atoms with E-state index in [1.54, 1.807) is 0 Å². The van der Waals surface area contributed by atoms with Crippen LogP contribution in [0.25, 0.3) is 11.1 Å². The van der Waals surface area contributed by atoms with Crippen LogP contribution >= 0.6 is 0 Å². The maximum atomic E-state index is 8.57. The number of benzene rings is 2. The van der Waals surface area contributed by atoms with Gasteiger partial charge in [0.05, 0.1) is 6.07 Å². The Morgan fingerprint density at radius 1 is 0.947 bits per heavy atom. The van der Waals surface area contributed by atoms with Crippen LogP contribution in [-0.4, -0.2) is 18.5 Å². The van der Waals surface area contributed by atoms with E-state index in [4.69, 9.17) is 5.26 Å². The first kappa shape index (κ1) is 13.3. The summed E-state index contributed by atoms with van der Waals surface area (Å²) in [5.41, 5.74) is 3.76. The maximum Gasteiger partial charge on any atom is 0.0635 e. The first-order valence-corrected chi connectivity index (χ1v) is 6.49. The quantitative estimate of drug-likeness (QED) is 0.809. The molecule has 0 radical (unpaired) electrons. The van der Waals surface area contributed by atoms with E-state index in [1.165, 1.54) is 16.7 Å². The van der Waals surface area contributed by atoms with Crippen molar-refractivity contribution in [1.82, 2.24) is 4.90 Å². The van der Waals surface area contributed by atoms with Gasteiger partial charge in [-0.3, -0.25) is 0 Å². The van der Waals surface area contributed by atoms with Crippen LogP contribution in [0.15, 0.2) is 54.6 Å². The highest BCUT2D eigenvalue weighted by Crippen LogP contribution is 2.19. The summed E-state index contributed by atoms with van der Waals surface area (Å²) in [6.45, 7) is 1.70. The van der Waals surface area contributed by atoms with Gasteiger partial charge in [-0.15, -0.1) is 0 Å². The molecule has 0 atom stereocenters. The summed E-state index contributed by atoms with van der Waals surface area (Å²) in [6.07, 6.45) is 0.582. The Morgan fingerprint density at radius 3 is 2.21 bits per heavy atom. The van der Waals surface area contributed by atoms with Crippen molar-refractivity contribution >= 4 is 0 Å². The molecule has 0 bridgehead atoms. The molecule has 0 aliphatic heterocycles. The van der Waals surface area contributed by atoms with Crippen LogP contribution in [-0.2, 0) is 6.54 Å². The molecular formula is C17H18N2. The van der Waals surface area contributed by atoms with Crippen molar-refractivity contribution in [2.24, 2.45) is 0 Å². The minimum absolute atomic E-state index is 0.582. The third kappa shape index (κ3) is 3.94. The third-order valence-electron chi connectivity index (χ3n) is 3.12. The summed E-state index contributed by atoms with van der Waals surface area (Å²) in [7, 11) is 2.04. The maximum absolute atomic E-state index is 8.57. The average Bonchev–Trinajstić information content (AvgIpc) is 2.47. The number of nitriles is 1. The molecule has 0 heterocycles. The van der Waals surface area contributed by atoms with Gasteiger partial charge in [-0.05, 0) is 23.7 Å². The predicted molar refractivity (Wildman–Crippen MR) is 78.4 cm³/mol. The molecule has 0 N–H and O–H groups in total. The second-order valence-corrected chi connectivity index (χ2v) is 4.71. The highest BCUT2D eigenvalue weighted by atomic mass is 15.1. The Balaban J connectivity index is 2.01. The van der Waals surface area contributed by atoms with Crippen molar-refractivity contribution in [3.63, 3.8) is 0 Å². The van der Waals surface area contributed by atoms with Gasteiger partial charge in [0.2, 0.25) is 0 Å². The van der Waals surface area contributed by atoms with Crippen molar-refractivity contribution in [3.05, 3.63) is 60.2 Å². The molecule has 96 valence electrons. The van der Waals surface area contributed by atoms with Gasteiger partial charge in [0.15, 0.2) is 0 Å². The molecule has 19 heavy (non-hydrogen) atoms. The fraction of sp³-hybridized carbons (Fsp3) is 0.235. The Morgan fingerprint density at radius 2 is 1.58 bits per heavy atom. The molecule has 2 rings (SSSR count). The summed E-state index contributed by atoms with van der Waals surface area (Å²) in [4.78, 5) is 2.17. The van der Waals surface area contributed by atoms with Crippen LogP contribution < -0.4 is 0 Å². The molecule has 0 amide bonds. The highest BCUT2D eigenvalue weighted by molar-refractivity contribution is 5.63. The van der Waals surface area contributed by atoms with Crippen LogP contribution in [0.5, 0.6) is 0 Å². The van der Waals surface area contributed by atoms with Gasteiger partial charge in [0.1, 0.15) is 0 Å². The molecule has 0 saturated carbocycles. The standard InChI is InChI=1S/C17H18N2/c1-19(13-5-12-18)14-15-8-10-17(11-9-15)16-6-3-2-4-7-16/h2-4,6-11H,5,13-14H2,1H3. The Hall–Kier alpha value is -2.11. The zero-order chi connectivity index (χ0) is 13.5. The Kier molecular flexibility index (Phi) is 4.72. The summed E-state index contributed by atoms with van der Waals surface area (Å²) < 4.78 is 0. The smallest absolute Gasteiger partial charge is 0.0635 e. The van der Waals surface area contributed by atoms with Gasteiger partial charge in [-0.25, -0.2) is 0 Å². The molecule has 2 aromatic rings. The lowest BCUT2D eigenvalue weighted by molar-refractivity contribution is 0.335. The number of hydrogen-bond donors (Lipinski definition) is 0. The number of hydrogen-bond acceptors (Lipinski definition) is 2. The SMILES string of the molecule is CN(CCC#N)Cc1ccc(-c2ccccc2)cc1. The molecule has 2 aromatic carbocycles. The topological polar surface area (TPSA) is 27.0 Å². The molecule has 2 nitrogen and oxygen atoms in total.